The molecule has 2 amide bonds. The Balaban J connectivity index is 2.06. The van der Waals surface area contributed by atoms with E-state index in [1.807, 2.05) is 25.7 Å². The zero-order valence-electron chi connectivity index (χ0n) is 14.3. The molecule has 3 atom stereocenters. The molecule has 126 valence electrons. The summed E-state index contributed by atoms with van der Waals surface area (Å²) in [5, 5.41) is 6.02. The Morgan fingerprint density at radius 3 is 2.59 bits per heavy atom. The maximum Gasteiger partial charge on any atom is 0.408 e. The molecule has 2 aliphatic rings. The van der Waals surface area contributed by atoms with Crippen molar-refractivity contribution in [3.63, 3.8) is 0 Å². The Bertz CT molecular complexity index is 431. The van der Waals surface area contributed by atoms with E-state index in [0.717, 1.165) is 19.4 Å². The second-order valence-corrected chi connectivity index (χ2v) is 7.65. The quantitative estimate of drug-likeness (QED) is 0.811. The molecule has 0 radical (unpaired) electrons. The topological polar surface area (TPSA) is 70.7 Å². The number of nitrogens with one attached hydrogen (secondary N) is 2. The largest absolute Gasteiger partial charge is 0.444 e. The highest BCUT2D eigenvalue weighted by Gasteiger charge is 2.42. The van der Waals surface area contributed by atoms with Gasteiger partial charge < -0.3 is 20.3 Å². The van der Waals surface area contributed by atoms with E-state index >= 15 is 0 Å². The maximum atomic E-state index is 12.9. The Kier molecular flexibility index (Phi) is 5.00. The summed E-state index contributed by atoms with van der Waals surface area (Å²) in [6.07, 6.45) is 1.53. The van der Waals surface area contributed by atoms with Crippen LogP contribution in [0.1, 0.15) is 47.5 Å². The molecule has 0 aromatic carbocycles. The van der Waals surface area contributed by atoms with Crippen LogP contribution in [0.25, 0.3) is 0 Å². The molecule has 6 heteroatoms. The van der Waals surface area contributed by atoms with Crippen molar-refractivity contribution in [3.8, 4) is 0 Å². The van der Waals surface area contributed by atoms with Gasteiger partial charge in [0, 0.05) is 25.2 Å². The zero-order chi connectivity index (χ0) is 16.5. The first-order chi connectivity index (χ1) is 10.2. The van der Waals surface area contributed by atoms with Crippen molar-refractivity contribution in [2.24, 2.45) is 5.92 Å². The van der Waals surface area contributed by atoms with Gasteiger partial charge in [0.15, 0.2) is 0 Å². The van der Waals surface area contributed by atoms with Gasteiger partial charge in [-0.15, -0.1) is 0 Å². The summed E-state index contributed by atoms with van der Waals surface area (Å²) < 4.78 is 5.27. The van der Waals surface area contributed by atoms with Gasteiger partial charge in [-0.05, 0) is 39.5 Å². The second kappa shape index (κ2) is 6.44. The van der Waals surface area contributed by atoms with Crippen LogP contribution in [0.15, 0.2) is 0 Å². The molecule has 22 heavy (non-hydrogen) atoms. The molecule has 0 aromatic heterocycles. The lowest BCUT2D eigenvalue weighted by atomic mass is 10.0. The van der Waals surface area contributed by atoms with E-state index in [9.17, 15) is 9.59 Å². The molecule has 0 aromatic rings. The first kappa shape index (κ1) is 17.1. The number of alkyl carbamates (subject to hydrolysis) is 1. The molecule has 2 rings (SSSR count). The van der Waals surface area contributed by atoms with Crippen molar-refractivity contribution < 1.29 is 14.3 Å². The predicted octanol–water partition coefficient (Wildman–Crippen LogP) is 1.50. The van der Waals surface area contributed by atoms with Crippen LogP contribution in [0, 0.1) is 5.92 Å². The van der Waals surface area contributed by atoms with Gasteiger partial charge in [0.2, 0.25) is 5.91 Å². The molecule has 0 bridgehead atoms. The van der Waals surface area contributed by atoms with Crippen molar-refractivity contribution in [1.29, 1.82) is 0 Å². The SMILES string of the molecule is CC(C)C1CCC2CNCC(NC(=O)OC(C)(C)C)C(=O)N21. The number of nitrogens with zero attached hydrogens (tertiary/aromatic N) is 1. The van der Waals surface area contributed by atoms with E-state index in [0.29, 0.717) is 12.5 Å². The van der Waals surface area contributed by atoms with Crippen molar-refractivity contribution >= 4 is 12.0 Å². The highest BCUT2D eigenvalue weighted by atomic mass is 16.6. The third-order valence-electron chi connectivity index (χ3n) is 4.29. The van der Waals surface area contributed by atoms with Crippen LogP contribution in [-0.4, -0.2) is 53.7 Å². The van der Waals surface area contributed by atoms with Crippen LogP contribution in [0.2, 0.25) is 0 Å². The van der Waals surface area contributed by atoms with E-state index < -0.39 is 17.7 Å². The van der Waals surface area contributed by atoms with Gasteiger partial charge in [-0.3, -0.25) is 4.79 Å². The molecule has 2 heterocycles. The molecular weight excluding hydrogens is 282 g/mol. The van der Waals surface area contributed by atoms with E-state index in [-0.39, 0.29) is 18.0 Å². The summed E-state index contributed by atoms with van der Waals surface area (Å²) in [4.78, 5) is 26.8. The average Bonchev–Trinajstić information content (AvgIpc) is 2.72. The fraction of sp³-hybridized carbons (Fsp3) is 0.875. The molecule has 6 nitrogen and oxygen atoms in total. The van der Waals surface area contributed by atoms with Crippen molar-refractivity contribution in [2.75, 3.05) is 13.1 Å². The summed E-state index contributed by atoms with van der Waals surface area (Å²) in [6.45, 7) is 11.0. The minimum absolute atomic E-state index is 0.0112. The Hall–Kier alpha value is -1.30. The van der Waals surface area contributed by atoms with E-state index in [1.165, 1.54) is 0 Å². The van der Waals surface area contributed by atoms with Gasteiger partial charge in [-0.1, -0.05) is 13.8 Å². The molecule has 2 saturated heterocycles. The van der Waals surface area contributed by atoms with Crippen LogP contribution < -0.4 is 10.6 Å². The van der Waals surface area contributed by atoms with Crippen LogP contribution in [0.4, 0.5) is 4.79 Å². The lowest BCUT2D eigenvalue weighted by molar-refractivity contribution is -0.136. The number of fused-ring (bicyclic) bond motifs is 1. The predicted molar refractivity (Wildman–Crippen MR) is 84.5 cm³/mol. The summed E-state index contributed by atoms with van der Waals surface area (Å²) in [6, 6.07) is -0.0510. The molecule has 0 aliphatic carbocycles. The average molecular weight is 311 g/mol. The number of rotatable bonds is 2. The van der Waals surface area contributed by atoms with Gasteiger partial charge in [0.25, 0.3) is 0 Å². The van der Waals surface area contributed by atoms with Crippen LogP contribution in [0.3, 0.4) is 0 Å². The third-order valence-corrected chi connectivity index (χ3v) is 4.29. The van der Waals surface area contributed by atoms with E-state index in [2.05, 4.69) is 24.5 Å². The van der Waals surface area contributed by atoms with E-state index in [1.54, 1.807) is 0 Å². The summed E-state index contributed by atoms with van der Waals surface area (Å²) in [5.41, 5.74) is -0.568. The maximum absolute atomic E-state index is 12.9. The molecule has 0 saturated carbocycles. The smallest absolute Gasteiger partial charge is 0.408 e. The summed E-state index contributed by atoms with van der Waals surface area (Å²) in [5.74, 6) is 0.436. The van der Waals surface area contributed by atoms with Gasteiger partial charge in [-0.2, -0.15) is 0 Å². The van der Waals surface area contributed by atoms with Gasteiger partial charge >= 0.3 is 6.09 Å². The van der Waals surface area contributed by atoms with Crippen LogP contribution >= 0.6 is 0 Å². The molecule has 2 fully saturated rings. The Morgan fingerprint density at radius 2 is 2.00 bits per heavy atom. The van der Waals surface area contributed by atoms with E-state index in [4.69, 9.17) is 4.74 Å². The zero-order valence-corrected chi connectivity index (χ0v) is 14.3. The van der Waals surface area contributed by atoms with Crippen molar-refractivity contribution in [3.05, 3.63) is 0 Å². The van der Waals surface area contributed by atoms with Gasteiger partial charge in [0.05, 0.1) is 0 Å². The van der Waals surface area contributed by atoms with Crippen LogP contribution in [-0.2, 0) is 9.53 Å². The highest BCUT2D eigenvalue weighted by molar-refractivity contribution is 5.87. The van der Waals surface area contributed by atoms with Gasteiger partial charge in [-0.25, -0.2) is 4.79 Å². The summed E-state index contributed by atoms with van der Waals surface area (Å²) in [7, 11) is 0. The van der Waals surface area contributed by atoms with Crippen molar-refractivity contribution in [1.82, 2.24) is 15.5 Å². The lowest BCUT2D eigenvalue weighted by Gasteiger charge is -2.33. The Labute approximate surface area is 132 Å². The first-order valence-corrected chi connectivity index (χ1v) is 8.21. The molecular formula is C16H29N3O3. The normalized spacial score (nSPS) is 29.3. The first-order valence-electron chi connectivity index (χ1n) is 8.21. The third kappa shape index (κ3) is 3.91. The fourth-order valence-electron chi connectivity index (χ4n) is 3.33. The molecule has 2 N–H and O–H groups in total. The molecule has 3 unspecified atom stereocenters. The second-order valence-electron chi connectivity index (χ2n) is 7.65. The summed E-state index contributed by atoms with van der Waals surface area (Å²) >= 11 is 0. The minimum atomic E-state index is -0.568. The number of hydrogen-bond donors (Lipinski definition) is 2. The number of carbonyl (C=O) groups excluding carboxylic acids is 2. The molecule has 2 aliphatic heterocycles. The fourth-order valence-corrected chi connectivity index (χ4v) is 3.33. The molecule has 0 spiro atoms. The Morgan fingerprint density at radius 1 is 1.32 bits per heavy atom. The lowest BCUT2D eigenvalue weighted by Crippen LogP contribution is -2.54. The highest BCUT2D eigenvalue weighted by Crippen LogP contribution is 2.30. The van der Waals surface area contributed by atoms with Gasteiger partial charge in [0.1, 0.15) is 11.6 Å². The number of amides is 2. The number of carbonyl (C=O) groups is 2. The number of ether oxygens (including phenoxy) is 1. The number of hydrogen-bond acceptors (Lipinski definition) is 4. The monoisotopic (exact) mass is 311 g/mol. The standard InChI is InChI=1S/C16H29N3O3/c1-10(2)13-7-6-11-8-17-9-12(14(20)19(11)13)18-15(21)22-16(3,4)5/h10-13,17H,6-9H2,1-5H3,(H,18,21). The van der Waals surface area contributed by atoms with Crippen LogP contribution in [0.5, 0.6) is 0 Å². The van der Waals surface area contributed by atoms with Crippen molar-refractivity contribution in [2.45, 2.75) is 71.2 Å². The minimum Gasteiger partial charge on any atom is -0.444 e.